The summed E-state index contributed by atoms with van der Waals surface area (Å²) in [5.74, 6) is 1.32. The average molecular weight is 653 g/mol. The Balaban J connectivity index is 1.58. The number of unbranched alkanes of at least 4 members (excludes halogenated alkanes) is 1. The number of carbonyl (C=O) groups is 1. The van der Waals surface area contributed by atoms with E-state index in [9.17, 15) is 4.79 Å². The maximum atomic E-state index is 11.6. The van der Waals surface area contributed by atoms with E-state index < -0.39 is 0 Å². The van der Waals surface area contributed by atoms with Crippen LogP contribution in [0.5, 0.6) is 5.75 Å². The number of ether oxygens (including phenoxy) is 6. The SMILES string of the molecule is COC(=O)CCC/C=C\C[C@@H]1[C@@H](/C=C/[C@@H](OC2CCCCO2)C(C)CC=C(C)C)[C@H](OC2CCCCO2)C[C@@H]1Oc1ccc(C)cc1. The zero-order valence-corrected chi connectivity index (χ0v) is 29.6. The van der Waals surface area contributed by atoms with Gasteiger partial charge in [0.2, 0.25) is 0 Å². The van der Waals surface area contributed by atoms with E-state index in [1.165, 1.54) is 18.2 Å². The maximum Gasteiger partial charge on any atom is 0.305 e. The normalized spacial score (nSPS) is 27.9. The first-order valence-corrected chi connectivity index (χ1v) is 18.1. The molecule has 2 saturated heterocycles. The smallest absolute Gasteiger partial charge is 0.305 e. The monoisotopic (exact) mass is 652 g/mol. The zero-order chi connectivity index (χ0) is 33.4. The fraction of sp³-hybridized carbons (Fsp3) is 0.675. The number of benzene rings is 1. The number of hydrogen-bond donors (Lipinski definition) is 0. The highest BCUT2D eigenvalue weighted by Crippen LogP contribution is 2.42. The summed E-state index contributed by atoms with van der Waals surface area (Å²) in [6.07, 6.45) is 21.8. The second-order valence-corrected chi connectivity index (χ2v) is 13.9. The van der Waals surface area contributed by atoms with Crippen molar-refractivity contribution in [1.82, 2.24) is 0 Å². The minimum atomic E-state index is -0.184. The Morgan fingerprint density at radius 3 is 2.36 bits per heavy atom. The minimum Gasteiger partial charge on any atom is -0.490 e. The van der Waals surface area contributed by atoms with Gasteiger partial charge in [0.15, 0.2) is 12.6 Å². The molecule has 3 unspecified atom stereocenters. The molecule has 7 heteroatoms. The quantitative estimate of drug-likeness (QED) is 0.0945. The molecule has 1 aromatic rings. The summed E-state index contributed by atoms with van der Waals surface area (Å²) in [5.41, 5.74) is 2.53. The van der Waals surface area contributed by atoms with Crippen molar-refractivity contribution in [2.75, 3.05) is 20.3 Å². The zero-order valence-electron chi connectivity index (χ0n) is 29.6. The Morgan fingerprint density at radius 2 is 1.70 bits per heavy atom. The Bertz CT molecular complexity index is 1130. The number of esters is 1. The van der Waals surface area contributed by atoms with E-state index in [1.807, 2.05) is 0 Å². The predicted molar refractivity (Wildman–Crippen MR) is 186 cm³/mol. The van der Waals surface area contributed by atoms with E-state index in [0.717, 1.165) is 89.6 Å². The van der Waals surface area contributed by atoms with E-state index in [2.05, 4.69) is 82.3 Å². The van der Waals surface area contributed by atoms with Gasteiger partial charge in [0.25, 0.3) is 0 Å². The maximum absolute atomic E-state index is 11.6. The average Bonchev–Trinajstić information content (AvgIpc) is 3.39. The molecule has 3 fully saturated rings. The second-order valence-electron chi connectivity index (χ2n) is 13.9. The van der Waals surface area contributed by atoms with E-state index in [0.29, 0.717) is 12.3 Å². The molecule has 7 nitrogen and oxygen atoms in total. The van der Waals surface area contributed by atoms with Gasteiger partial charge in [-0.3, -0.25) is 4.79 Å². The first kappa shape index (κ1) is 37.4. The summed E-state index contributed by atoms with van der Waals surface area (Å²) in [5, 5.41) is 0. The van der Waals surface area contributed by atoms with Crippen LogP contribution in [0.1, 0.15) is 103 Å². The van der Waals surface area contributed by atoms with Gasteiger partial charge in [-0.15, -0.1) is 0 Å². The van der Waals surface area contributed by atoms with Gasteiger partial charge in [-0.25, -0.2) is 0 Å². The van der Waals surface area contributed by atoms with Crippen molar-refractivity contribution in [1.29, 1.82) is 0 Å². The third-order valence-corrected chi connectivity index (χ3v) is 9.62. The summed E-state index contributed by atoms with van der Waals surface area (Å²) in [6, 6.07) is 8.34. The second kappa shape index (κ2) is 20.2. The fourth-order valence-corrected chi connectivity index (χ4v) is 6.74. The number of allylic oxidation sites excluding steroid dienone is 4. The first-order chi connectivity index (χ1) is 22.8. The Hall–Kier alpha value is -2.45. The lowest BCUT2D eigenvalue weighted by Gasteiger charge is -2.31. The highest BCUT2D eigenvalue weighted by molar-refractivity contribution is 5.69. The fourth-order valence-electron chi connectivity index (χ4n) is 6.74. The summed E-state index contributed by atoms with van der Waals surface area (Å²) >= 11 is 0. The molecule has 0 amide bonds. The van der Waals surface area contributed by atoms with E-state index >= 15 is 0 Å². The molecule has 2 aliphatic heterocycles. The molecule has 8 atom stereocenters. The van der Waals surface area contributed by atoms with Gasteiger partial charge >= 0.3 is 5.97 Å². The lowest BCUT2D eigenvalue weighted by Crippen LogP contribution is -2.32. The number of carbonyl (C=O) groups excluding carboxylic acids is 1. The van der Waals surface area contributed by atoms with E-state index in [-0.39, 0.29) is 48.7 Å². The lowest BCUT2D eigenvalue weighted by atomic mass is 9.88. The van der Waals surface area contributed by atoms with Crippen LogP contribution in [0.25, 0.3) is 0 Å². The molecule has 2 heterocycles. The Kier molecular flexibility index (Phi) is 16.0. The summed E-state index contributed by atoms with van der Waals surface area (Å²) in [6.45, 7) is 10.2. The van der Waals surface area contributed by atoms with Gasteiger partial charge in [0.05, 0.1) is 19.3 Å². The number of aryl methyl sites for hydroxylation is 1. The molecular formula is C40H60O7. The van der Waals surface area contributed by atoms with Gasteiger partial charge in [0.1, 0.15) is 11.9 Å². The topological polar surface area (TPSA) is 72.5 Å². The van der Waals surface area contributed by atoms with Crippen LogP contribution in [-0.2, 0) is 28.5 Å². The molecule has 47 heavy (non-hydrogen) atoms. The Morgan fingerprint density at radius 1 is 0.979 bits per heavy atom. The van der Waals surface area contributed by atoms with E-state index in [1.54, 1.807) is 0 Å². The summed E-state index contributed by atoms with van der Waals surface area (Å²) in [4.78, 5) is 11.6. The molecule has 4 rings (SSSR count). The number of hydrogen-bond acceptors (Lipinski definition) is 7. The molecule has 1 aromatic carbocycles. The molecule has 0 N–H and O–H groups in total. The van der Waals surface area contributed by atoms with Crippen LogP contribution in [0.3, 0.4) is 0 Å². The van der Waals surface area contributed by atoms with Gasteiger partial charge < -0.3 is 28.4 Å². The van der Waals surface area contributed by atoms with Crippen LogP contribution in [0.15, 0.2) is 60.2 Å². The number of rotatable bonds is 17. The van der Waals surface area contributed by atoms with Crippen LogP contribution in [0.4, 0.5) is 0 Å². The molecule has 0 bridgehead atoms. The number of methoxy groups -OCH3 is 1. The van der Waals surface area contributed by atoms with Crippen molar-refractivity contribution in [2.24, 2.45) is 17.8 Å². The predicted octanol–water partition coefficient (Wildman–Crippen LogP) is 9.04. The van der Waals surface area contributed by atoms with Crippen molar-refractivity contribution < 1.29 is 33.2 Å². The molecule has 0 spiro atoms. The molecule has 262 valence electrons. The third kappa shape index (κ3) is 12.8. The minimum absolute atomic E-state index is 0.0233. The highest BCUT2D eigenvalue weighted by atomic mass is 16.7. The van der Waals surface area contributed by atoms with Crippen LogP contribution in [0, 0.1) is 24.7 Å². The summed E-state index contributed by atoms with van der Waals surface area (Å²) in [7, 11) is 1.44. The molecular weight excluding hydrogens is 592 g/mol. The van der Waals surface area contributed by atoms with Crippen molar-refractivity contribution >= 4 is 5.97 Å². The molecule has 1 saturated carbocycles. The van der Waals surface area contributed by atoms with Crippen LogP contribution in [0.2, 0.25) is 0 Å². The van der Waals surface area contributed by atoms with Gasteiger partial charge in [0, 0.05) is 37.9 Å². The first-order valence-electron chi connectivity index (χ1n) is 18.1. The molecule has 3 aliphatic rings. The van der Waals surface area contributed by atoms with Crippen molar-refractivity contribution in [2.45, 2.75) is 136 Å². The largest absolute Gasteiger partial charge is 0.490 e. The van der Waals surface area contributed by atoms with Crippen molar-refractivity contribution in [3.8, 4) is 5.75 Å². The third-order valence-electron chi connectivity index (χ3n) is 9.62. The standard InChI is InChI=1S/C40H60O7/c1-29(2)18-21-31(4)35(46-39-16-10-12-26-43-39)25-24-34-33(14-8-6-7-9-15-38(41)42-5)36(45-32-22-19-30(3)20-23-32)28-37(34)47-40-17-11-13-27-44-40/h6,8,18-20,22-25,31,33-37,39-40H,7,9-17,21,26-28H2,1-5H3/b8-6-,25-24+/t31?,33-,34-,35-,36+,37-,39?,40?/m1/s1. The highest BCUT2D eigenvalue weighted by Gasteiger charge is 2.45. The Labute approximate surface area is 284 Å². The summed E-state index contributed by atoms with van der Waals surface area (Å²) < 4.78 is 37.1. The van der Waals surface area contributed by atoms with Crippen molar-refractivity contribution in [3.63, 3.8) is 0 Å². The lowest BCUT2D eigenvalue weighted by molar-refractivity contribution is -0.193. The van der Waals surface area contributed by atoms with Crippen LogP contribution < -0.4 is 4.74 Å². The van der Waals surface area contributed by atoms with Gasteiger partial charge in [-0.1, -0.05) is 60.6 Å². The van der Waals surface area contributed by atoms with Crippen molar-refractivity contribution in [3.05, 3.63) is 65.8 Å². The van der Waals surface area contributed by atoms with Crippen LogP contribution >= 0.6 is 0 Å². The molecule has 0 aromatic heterocycles. The molecule has 1 aliphatic carbocycles. The molecule has 0 radical (unpaired) electrons. The van der Waals surface area contributed by atoms with Gasteiger partial charge in [-0.05, 0) is 103 Å². The van der Waals surface area contributed by atoms with Gasteiger partial charge in [-0.2, -0.15) is 0 Å². The van der Waals surface area contributed by atoms with Crippen LogP contribution in [-0.4, -0.2) is 57.2 Å². The van der Waals surface area contributed by atoms with E-state index in [4.69, 9.17) is 28.4 Å².